The van der Waals surface area contributed by atoms with E-state index in [-0.39, 0.29) is 11.5 Å². The molecule has 0 aliphatic rings. The first-order valence-electron chi connectivity index (χ1n) is 5.86. The smallest absolute Gasteiger partial charge is 0.161 e. The second kappa shape index (κ2) is 5.55. The molecule has 1 aromatic heterocycles. The van der Waals surface area contributed by atoms with Gasteiger partial charge in [-0.15, -0.1) is 0 Å². The van der Waals surface area contributed by atoms with Crippen molar-refractivity contribution < 1.29 is 10.2 Å². The monoisotopic (exact) mass is 247 g/mol. The Morgan fingerprint density at radius 1 is 1.28 bits per heavy atom. The molecule has 5 nitrogen and oxygen atoms in total. The summed E-state index contributed by atoms with van der Waals surface area (Å²) in [6, 6.07) is 6.95. The minimum absolute atomic E-state index is 0.0504. The highest BCUT2D eigenvalue weighted by atomic mass is 16.3. The fourth-order valence-corrected chi connectivity index (χ4v) is 1.81. The number of aromatic nitrogens is 2. The van der Waals surface area contributed by atoms with Crippen molar-refractivity contribution in [3.63, 3.8) is 0 Å². The minimum atomic E-state index is -0.0825. The fraction of sp³-hybridized carbons (Fsp3) is 0.308. The molecular formula is C13H17N3O2. The van der Waals surface area contributed by atoms with Crippen LogP contribution in [0.1, 0.15) is 11.3 Å². The van der Waals surface area contributed by atoms with Crippen molar-refractivity contribution in [1.82, 2.24) is 15.1 Å². The zero-order valence-electron chi connectivity index (χ0n) is 10.3. The van der Waals surface area contributed by atoms with Crippen LogP contribution < -0.4 is 5.32 Å². The summed E-state index contributed by atoms with van der Waals surface area (Å²) in [7, 11) is 1.91. The van der Waals surface area contributed by atoms with Crippen LogP contribution in [0.5, 0.6) is 11.5 Å². The fourth-order valence-electron chi connectivity index (χ4n) is 1.81. The zero-order valence-corrected chi connectivity index (χ0v) is 10.3. The van der Waals surface area contributed by atoms with E-state index in [1.165, 1.54) is 6.07 Å². The van der Waals surface area contributed by atoms with E-state index < -0.39 is 0 Å². The standard InChI is InChI=1S/C13H17N3O2/c1-16-11(6-8-15-16)5-7-14-9-10-3-2-4-12(17)13(10)18/h2-4,6,8,14,17-18H,5,7,9H2,1H3. The molecule has 0 aliphatic carbocycles. The summed E-state index contributed by atoms with van der Waals surface area (Å²) in [5.74, 6) is -0.133. The van der Waals surface area contributed by atoms with Crippen molar-refractivity contribution in [1.29, 1.82) is 0 Å². The molecule has 0 bridgehead atoms. The van der Waals surface area contributed by atoms with Gasteiger partial charge in [-0.1, -0.05) is 12.1 Å². The van der Waals surface area contributed by atoms with E-state index >= 15 is 0 Å². The average molecular weight is 247 g/mol. The number of nitrogens with one attached hydrogen (secondary N) is 1. The summed E-state index contributed by atoms with van der Waals surface area (Å²) in [5, 5.41) is 26.3. The molecule has 0 amide bonds. The lowest BCUT2D eigenvalue weighted by Crippen LogP contribution is -2.17. The molecule has 96 valence electrons. The van der Waals surface area contributed by atoms with Gasteiger partial charge in [-0.2, -0.15) is 5.10 Å². The molecule has 0 radical (unpaired) electrons. The average Bonchev–Trinajstić information content (AvgIpc) is 2.76. The predicted molar refractivity (Wildman–Crippen MR) is 68.4 cm³/mol. The highest BCUT2D eigenvalue weighted by molar-refractivity contribution is 5.44. The molecule has 5 heteroatoms. The third kappa shape index (κ3) is 2.81. The summed E-state index contributed by atoms with van der Waals surface area (Å²) >= 11 is 0. The Labute approximate surface area is 106 Å². The number of hydrogen-bond donors (Lipinski definition) is 3. The second-order valence-corrected chi connectivity index (χ2v) is 4.16. The van der Waals surface area contributed by atoms with Crippen LogP contribution >= 0.6 is 0 Å². The molecule has 2 aromatic rings. The largest absolute Gasteiger partial charge is 0.504 e. The number of aromatic hydroxyl groups is 2. The van der Waals surface area contributed by atoms with E-state index in [1.54, 1.807) is 18.3 Å². The first-order valence-corrected chi connectivity index (χ1v) is 5.86. The molecule has 0 unspecified atom stereocenters. The molecule has 0 aliphatic heterocycles. The number of rotatable bonds is 5. The maximum Gasteiger partial charge on any atom is 0.161 e. The Balaban J connectivity index is 1.82. The van der Waals surface area contributed by atoms with Gasteiger partial charge in [0.15, 0.2) is 11.5 Å². The SMILES string of the molecule is Cn1nccc1CCNCc1cccc(O)c1O. The Morgan fingerprint density at radius 2 is 2.11 bits per heavy atom. The maximum absolute atomic E-state index is 9.62. The quantitative estimate of drug-likeness (QED) is 0.548. The number of phenols is 2. The van der Waals surface area contributed by atoms with Crippen LogP contribution in [0.25, 0.3) is 0 Å². The lowest BCUT2D eigenvalue weighted by Gasteiger charge is -2.08. The number of nitrogens with zero attached hydrogens (tertiary/aromatic N) is 2. The normalized spacial score (nSPS) is 10.7. The van der Waals surface area contributed by atoms with Gasteiger partial charge < -0.3 is 15.5 Å². The van der Waals surface area contributed by atoms with Crippen molar-refractivity contribution in [3.05, 3.63) is 41.7 Å². The van der Waals surface area contributed by atoms with Gasteiger partial charge in [-0.05, 0) is 12.1 Å². The Hall–Kier alpha value is -2.01. The molecule has 3 N–H and O–H groups in total. The molecule has 1 aromatic carbocycles. The molecule has 0 atom stereocenters. The highest BCUT2D eigenvalue weighted by Crippen LogP contribution is 2.27. The first kappa shape index (κ1) is 12.4. The van der Waals surface area contributed by atoms with Crippen molar-refractivity contribution in [2.24, 2.45) is 7.05 Å². The van der Waals surface area contributed by atoms with Crippen LogP contribution in [-0.4, -0.2) is 26.5 Å². The predicted octanol–water partition coefficient (Wildman–Crippen LogP) is 1.16. The van der Waals surface area contributed by atoms with E-state index in [0.717, 1.165) is 18.7 Å². The van der Waals surface area contributed by atoms with E-state index in [2.05, 4.69) is 10.4 Å². The van der Waals surface area contributed by atoms with Crippen LogP contribution in [0.3, 0.4) is 0 Å². The number of phenolic OH excluding ortho intramolecular Hbond substituents is 2. The van der Waals surface area contributed by atoms with Gasteiger partial charge in [0, 0.05) is 44.0 Å². The van der Waals surface area contributed by atoms with Crippen LogP contribution in [-0.2, 0) is 20.0 Å². The minimum Gasteiger partial charge on any atom is -0.504 e. The topological polar surface area (TPSA) is 70.3 Å². The maximum atomic E-state index is 9.62. The van der Waals surface area contributed by atoms with Gasteiger partial charge in [0.2, 0.25) is 0 Å². The van der Waals surface area contributed by atoms with E-state index in [1.807, 2.05) is 17.8 Å². The van der Waals surface area contributed by atoms with Crippen molar-refractivity contribution >= 4 is 0 Å². The molecular weight excluding hydrogens is 230 g/mol. The van der Waals surface area contributed by atoms with Gasteiger partial charge in [0.05, 0.1) is 0 Å². The summed E-state index contributed by atoms with van der Waals surface area (Å²) in [6.45, 7) is 1.31. The van der Waals surface area contributed by atoms with Gasteiger partial charge >= 0.3 is 0 Å². The Morgan fingerprint density at radius 3 is 2.83 bits per heavy atom. The molecule has 0 saturated heterocycles. The van der Waals surface area contributed by atoms with Gasteiger partial charge in [0.1, 0.15) is 0 Å². The molecule has 18 heavy (non-hydrogen) atoms. The van der Waals surface area contributed by atoms with Crippen molar-refractivity contribution in [2.45, 2.75) is 13.0 Å². The van der Waals surface area contributed by atoms with Gasteiger partial charge in [-0.3, -0.25) is 4.68 Å². The molecule has 2 rings (SSSR count). The van der Waals surface area contributed by atoms with Crippen LogP contribution in [0.4, 0.5) is 0 Å². The lowest BCUT2D eigenvalue weighted by atomic mass is 10.2. The molecule has 0 saturated carbocycles. The highest BCUT2D eigenvalue weighted by Gasteiger charge is 2.05. The zero-order chi connectivity index (χ0) is 13.0. The Kier molecular flexibility index (Phi) is 3.84. The third-order valence-electron chi connectivity index (χ3n) is 2.89. The summed E-state index contributed by atoms with van der Waals surface area (Å²) in [5.41, 5.74) is 1.85. The molecule has 0 fully saturated rings. The van der Waals surface area contributed by atoms with E-state index in [9.17, 15) is 10.2 Å². The first-order chi connectivity index (χ1) is 8.68. The number of hydrogen-bond acceptors (Lipinski definition) is 4. The number of aryl methyl sites for hydroxylation is 1. The summed E-state index contributed by atoms with van der Waals surface area (Å²) in [4.78, 5) is 0. The summed E-state index contributed by atoms with van der Waals surface area (Å²) in [6.07, 6.45) is 2.65. The molecule has 1 heterocycles. The molecule has 0 spiro atoms. The Bertz CT molecular complexity index is 523. The lowest BCUT2D eigenvalue weighted by molar-refractivity contribution is 0.398. The third-order valence-corrected chi connectivity index (χ3v) is 2.89. The second-order valence-electron chi connectivity index (χ2n) is 4.16. The number of benzene rings is 1. The van der Waals surface area contributed by atoms with Crippen LogP contribution in [0, 0.1) is 0 Å². The number of para-hydroxylation sites is 1. The van der Waals surface area contributed by atoms with Gasteiger partial charge in [-0.25, -0.2) is 0 Å². The van der Waals surface area contributed by atoms with Crippen molar-refractivity contribution in [3.8, 4) is 11.5 Å². The van der Waals surface area contributed by atoms with E-state index in [0.29, 0.717) is 12.1 Å². The summed E-state index contributed by atoms with van der Waals surface area (Å²) < 4.78 is 1.84. The van der Waals surface area contributed by atoms with Crippen molar-refractivity contribution in [2.75, 3.05) is 6.54 Å². The van der Waals surface area contributed by atoms with Crippen LogP contribution in [0.2, 0.25) is 0 Å². The van der Waals surface area contributed by atoms with E-state index in [4.69, 9.17) is 0 Å². The van der Waals surface area contributed by atoms with Crippen LogP contribution in [0.15, 0.2) is 30.5 Å². The van der Waals surface area contributed by atoms with Gasteiger partial charge in [0.25, 0.3) is 0 Å².